The van der Waals surface area contributed by atoms with Gasteiger partial charge in [-0.2, -0.15) is 4.31 Å². The van der Waals surface area contributed by atoms with Crippen molar-refractivity contribution in [2.24, 2.45) is 0 Å². The minimum absolute atomic E-state index is 0.309. The number of benzene rings is 2. The molecule has 0 amide bonds. The number of sulfonamides is 1. The van der Waals surface area contributed by atoms with Gasteiger partial charge in [-0.05, 0) is 37.1 Å². The van der Waals surface area contributed by atoms with Gasteiger partial charge in [-0.1, -0.05) is 54.1 Å². The zero-order valence-corrected chi connectivity index (χ0v) is 15.9. The number of hydrogen-bond donors (Lipinski definition) is 0. The molecule has 1 aliphatic rings. The largest absolute Gasteiger partial charge is 0.464 e. The van der Waals surface area contributed by atoms with Crippen molar-refractivity contribution in [3.05, 3.63) is 95.5 Å². The van der Waals surface area contributed by atoms with E-state index in [1.807, 2.05) is 43.3 Å². The number of hydrogen-bond acceptors (Lipinski definition) is 3. The molecule has 0 radical (unpaired) electrons. The SMILES string of the molecule is Cc1ccc(S(=O)(=O)N2C/C(=C/Cc3ccccc3)c3occc3C2)cc1. The Morgan fingerprint density at radius 2 is 1.74 bits per heavy atom. The average Bonchev–Trinajstić information content (AvgIpc) is 3.16. The molecule has 27 heavy (non-hydrogen) atoms. The van der Waals surface area contributed by atoms with Crippen LogP contribution in [0.15, 0.2) is 82.3 Å². The lowest BCUT2D eigenvalue weighted by molar-refractivity contribution is 0.420. The third-order valence-electron chi connectivity index (χ3n) is 4.82. The van der Waals surface area contributed by atoms with Crippen molar-refractivity contribution < 1.29 is 12.8 Å². The Bertz CT molecular complexity index is 1060. The van der Waals surface area contributed by atoms with Crippen LogP contribution in [0, 0.1) is 6.92 Å². The van der Waals surface area contributed by atoms with Gasteiger partial charge in [-0.25, -0.2) is 8.42 Å². The highest BCUT2D eigenvalue weighted by atomic mass is 32.2. The molecule has 4 nitrogen and oxygen atoms in total. The van der Waals surface area contributed by atoms with Crippen molar-refractivity contribution in [3.8, 4) is 0 Å². The molecule has 0 saturated carbocycles. The molecule has 0 spiro atoms. The van der Waals surface area contributed by atoms with Crippen LogP contribution in [0.1, 0.15) is 22.5 Å². The van der Waals surface area contributed by atoms with Crippen LogP contribution in [0.25, 0.3) is 5.57 Å². The van der Waals surface area contributed by atoms with Crippen LogP contribution in [-0.2, 0) is 23.0 Å². The maximum atomic E-state index is 13.1. The molecule has 0 unspecified atom stereocenters. The summed E-state index contributed by atoms with van der Waals surface area (Å²) >= 11 is 0. The predicted molar refractivity (Wildman–Crippen MR) is 106 cm³/mol. The van der Waals surface area contributed by atoms with Crippen molar-refractivity contribution in [2.45, 2.75) is 24.8 Å². The molecule has 3 aromatic rings. The summed E-state index contributed by atoms with van der Waals surface area (Å²) in [5, 5.41) is 0. The van der Waals surface area contributed by atoms with Gasteiger partial charge in [0.2, 0.25) is 10.0 Å². The van der Waals surface area contributed by atoms with Crippen LogP contribution >= 0.6 is 0 Å². The van der Waals surface area contributed by atoms with Crippen LogP contribution in [0.2, 0.25) is 0 Å². The third kappa shape index (κ3) is 3.61. The summed E-state index contributed by atoms with van der Waals surface area (Å²) in [6, 6.07) is 18.9. The first-order chi connectivity index (χ1) is 13.0. The molecule has 0 N–H and O–H groups in total. The van der Waals surface area contributed by atoms with E-state index in [0.29, 0.717) is 18.0 Å². The second-order valence-electron chi connectivity index (χ2n) is 6.78. The lowest BCUT2D eigenvalue weighted by Gasteiger charge is -2.27. The molecule has 138 valence electrons. The van der Waals surface area contributed by atoms with Crippen molar-refractivity contribution in [2.75, 3.05) is 6.54 Å². The highest BCUT2D eigenvalue weighted by Gasteiger charge is 2.32. The fourth-order valence-electron chi connectivity index (χ4n) is 3.29. The Balaban J connectivity index is 1.66. The van der Waals surface area contributed by atoms with E-state index in [4.69, 9.17) is 4.42 Å². The summed E-state index contributed by atoms with van der Waals surface area (Å²) in [4.78, 5) is 0.322. The number of furan rings is 1. The van der Waals surface area contributed by atoms with Gasteiger partial charge in [-0.15, -0.1) is 0 Å². The van der Waals surface area contributed by atoms with E-state index < -0.39 is 10.0 Å². The Hall–Kier alpha value is -2.63. The summed E-state index contributed by atoms with van der Waals surface area (Å²) in [5.41, 5.74) is 4.02. The van der Waals surface area contributed by atoms with Gasteiger partial charge in [-0.3, -0.25) is 0 Å². The molecular weight excluding hydrogens is 358 g/mol. The van der Waals surface area contributed by atoms with Crippen LogP contribution in [-0.4, -0.2) is 19.3 Å². The summed E-state index contributed by atoms with van der Waals surface area (Å²) in [5.74, 6) is 0.793. The highest BCUT2D eigenvalue weighted by molar-refractivity contribution is 7.89. The Labute approximate surface area is 159 Å². The van der Waals surface area contributed by atoms with E-state index in [2.05, 4.69) is 18.2 Å². The number of rotatable bonds is 4. The summed E-state index contributed by atoms with van der Waals surface area (Å²) < 4.78 is 33.4. The third-order valence-corrected chi connectivity index (χ3v) is 6.62. The van der Waals surface area contributed by atoms with E-state index in [0.717, 1.165) is 28.9 Å². The smallest absolute Gasteiger partial charge is 0.243 e. The van der Waals surface area contributed by atoms with Crippen LogP contribution < -0.4 is 0 Å². The monoisotopic (exact) mass is 379 g/mol. The zero-order chi connectivity index (χ0) is 18.9. The number of aryl methyl sites for hydroxylation is 1. The average molecular weight is 379 g/mol. The molecule has 4 rings (SSSR count). The van der Waals surface area contributed by atoms with Crippen LogP contribution in [0.3, 0.4) is 0 Å². The molecule has 1 aliphatic heterocycles. The molecule has 0 saturated heterocycles. The maximum Gasteiger partial charge on any atom is 0.243 e. The molecule has 0 fully saturated rings. The maximum absolute atomic E-state index is 13.1. The Kier molecular flexibility index (Phi) is 4.72. The van der Waals surface area contributed by atoms with Gasteiger partial charge >= 0.3 is 0 Å². The first-order valence-electron chi connectivity index (χ1n) is 8.90. The van der Waals surface area contributed by atoms with Gasteiger partial charge in [0.25, 0.3) is 0 Å². The first kappa shape index (κ1) is 17.8. The quantitative estimate of drug-likeness (QED) is 0.674. The minimum Gasteiger partial charge on any atom is -0.464 e. The fourth-order valence-corrected chi connectivity index (χ4v) is 4.69. The van der Waals surface area contributed by atoms with E-state index in [-0.39, 0.29) is 0 Å². The number of allylic oxidation sites excluding steroid dienone is 1. The topological polar surface area (TPSA) is 50.5 Å². The molecule has 0 aliphatic carbocycles. The lowest BCUT2D eigenvalue weighted by atomic mass is 10.0. The standard InChI is InChI=1S/C22H21NO3S/c1-17-7-11-21(12-8-17)27(24,25)23-15-19(22-20(16-23)13-14-26-22)10-9-18-5-3-2-4-6-18/h2-8,10-14H,9,15-16H2,1H3/b19-10-. The molecule has 0 bridgehead atoms. The Morgan fingerprint density at radius 3 is 2.48 bits per heavy atom. The molecule has 2 aromatic carbocycles. The summed E-state index contributed by atoms with van der Waals surface area (Å²) in [6.07, 6.45) is 4.42. The minimum atomic E-state index is -3.56. The van der Waals surface area contributed by atoms with Crippen LogP contribution in [0.5, 0.6) is 0 Å². The number of fused-ring (bicyclic) bond motifs is 1. The second kappa shape index (κ2) is 7.18. The van der Waals surface area contributed by atoms with Crippen molar-refractivity contribution >= 4 is 15.6 Å². The molecule has 5 heteroatoms. The van der Waals surface area contributed by atoms with E-state index >= 15 is 0 Å². The van der Waals surface area contributed by atoms with E-state index in [1.165, 1.54) is 9.87 Å². The van der Waals surface area contributed by atoms with Gasteiger partial charge in [0.15, 0.2) is 0 Å². The highest BCUT2D eigenvalue weighted by Crippen LogP contribution is 2.32. The lowest BCUT2D eigenvalue weighted by Crippen LogP contribution is -2.35. The van der Waals surface area contributed by atoms with Gasteiger partial charge in [0, 0.05) is 24.2 Å². The normalized spacial score (nSPS) is 16.4. The first-order valence-corrected chi connectivity index (χ1v) is 10.3. The van der Waals surface area contributed by atoms with E-state index in [1.54, 1.807) is 18.4 Å². The zero-order valence-electron chi connectivity index (χ0n) is 15.1. The van der Waals surface area contributed by atoms with Gasteiger partial charge in [0.1, 0.15) is 5.76 Å². The second-order valence-corrected chi connectivity index (χ2v) is 8.72. The van der Waals surface area contributed by atoms with Crippen molar-refractivity contribution in [1.29, 1.82) is 0 Å². The summed E-state index contributed by atoms with van der Waals surface area (Å²) in [6.45, 7) is 2.58. The predicted octanol–water partition coefficient (Wildman–Crippen LogP) is 4.42. The van der Waals surface area contributed by atoms with Gasteiger partial charge < -0.3 is 4.42 Å². The summed E-state index contributed by atoms with van der Waals surface area (Å²) in [7, 11) is -3.56. The molecule has 1 aromatic heterocycles. The van der Waals surface area contributed by atoms with Crippen molar-refractivity contribution in [1.82, 2.24) is 4.31 Å². The molecule has 0 atom stereocenters. The molecule has 2 heterocycles. The fraction of sp³-hybridized carbons (Fsp3) is 0.182. The van der Waals surface area contributed by atoms with Gasteiger partial charge in [0.05, 0.1) is 11.2 Å². The Morgan fingerprint density at radius 1 is 1.00 bits per heavy atom. The van der Waals surface area contributed by atoms with Crippen LogP contribution in [0.4, 0.5) is 0 Å². The van der Waals surface area contributed by atoms with Crippen molar-refractivity contribution in [3.63, 3.8) is 0 Å². The number of nitrogens with zero attached hydrogens (tertiary/aromatic N) is 1. The molecular formula is C22H21NO3S. The van der Waals surface area contributed by atoms with E-state index in [9.17, 15) is 8.42 Å².